The van der Waals surface area contributed by atoms with E-state index < -0.39 is 23.4 Å². The van der Waals surface area contributed by atoms with Crippen molar-refractivity contribution in [2.75, 3.05) is 18.5 Å². The van der Waals surface area contributed by atoms with Crippen molar-refractivity contribution in [3.05, 3.63) is 100.0 Å². The predicted molar refractivity (Wildman–Crippen MR) is 152 cm³/mol. The molecule has 3 aromatic carbocycles. The van der Waals surface area contributed by atoms with Gasteiger partial charge in [0.15, 0.2) is 0 Å². The summed E-state index contributed by atoms with van der Waals surface area (Å²) in [6, 6.07) is 16.4. The highest BCUT2D eigenvalue weighted by Crippen LogP contribution is 2.60. The number of anilines is 1. The summed E-state index contributed by atoms with van der Waals surface area (Å²) >= 11 is 6.61. The Hall–Kier alpha value is -4.38. The summed E-state index contributed by atoms with van der Waals surface area (Å²) in [4.78, 5) is 28.0. The Kier molecular flexibility index (Phi) is 6.95. The van der Waals surface area contributed by atoms with E-state index in [9.17, 15) is 27.9 Å². The lowest BCUT2D eigenvalue weighted by atomic mass is 9.93. The molecular formula is C31H25ClF4N4O3. The van der Waals surface area contributed by atoms with Crippen molar-refractivity contribution in [3.63, 3.8) is 0 Å². The molecule has 1 aliphatic carbocycles. The minimum Gasteiger partial charge on any atom is -0.478 e. The van der Waals surface area contributed by atoms with E-state index in [-0.39, 0.29) is 71.5 Å². The summed E-state index contributed by atoms with van der Waals surface area (Å²) in [6.07, 6.45) is -4.54. The zero-order chi connectivity index (χ0) is 30.7. The van der Waals surface area contributed by atoms with Crippen molar-refractivity contribution in [1.82, 2.24) is 14.7 Å². The largest absolute Gasteiger partial charge is 0.478 e. The molecule has 1 saturated carbocycles. The molecule has 0 radical (unpaired) electrons. The average molecular weight is 613 g/mol. The summed E-state index contributed by atoms with van der Waals surface area (Å²) < 4.78 is 59.7. The lowest BCUT2D eigenvalue weighted by molar-refractivity contribution is -0.160. The molecule has 222 valence electrons. The van der Waals surface area contributed by atoms with E-state index in [2.05, 4.69) is 5.10 Å². The standard InChI is InChI=1S/C31H25ClF4N4O3/c1-38(19-6-3-2-4-7-19)29(43)39-15-12-21-25(17-39)40(37-26(21)20-11-10-18(28(41)42)16-24(20)33)27-22(8-5-9-23(27)32)30(13-14-30)31(34,35)36/h2-11,16H,12-15,17H2,1H3,(H,41,42). The first kappa shape index (κ1) is 28.7. The molecule has 0 saturated heterocycles. The number of amides is 2. The second-order valence-corrected chi connectivity index (χ2v) is 11.2. The zero-order valence-corrected chi connectivity index (χ0v) is 23.6. The number of aromatic carboxylic acids is 1. The van der Waals surface area contributed by atoms with Gasteiger partial charge in [-0.1, -0.05) is 41.9 Å². The first-order valence-electron chi connectivity index (χ1n) is 13.5. The molecule has 0 bridgehead atoms. The molecule has 2 heterocycles. The van der Waals surface area contributed by atoms with E-state index in [1.54, 1.807) is 36.2 Å². The van der Waals surface area contributed by atoms with Gasteiger partial charge in [-0.25, -0.2) is 18.7 Å². The van der Waals surface area contributed by atoms with E-state index in [0.29, 0.717) is 16.9 Å². The lowest BCUT2D eigenvalue weighted by Crippen LogP contribution is -2.44. The van der Waals surface area contributed by atoms with E-state index in [0.717, 1.165) is 6.07 Å². The Labute approximate surface area is 248 Å². The van der Waals surface area contributed by atoms with Crippen LogP contribution in [0.2, 0.25) is 5.02 Å². The van der Waals surface area contributed by atoms with Gasteiger partial charge in [0, 0.05) is 30.4 Å². The topological polar surface area (TPSA) is 78.7 Å². The van der Waals surface area contributed by atoms with Gasteiger partial charge < -0.3 is 10.0 Å². The molecule has 43 heavy (non-hydrogen) atoms. The second-order valence-electron chi connectivity index (χ2n) is 10.8. The summed E-state index contributed by atoms with van der Waals surface area (Å²) in [5.41, 5.74) is -0.653. The maximum Gasteiger partial charge on any atom is 0.398 e. The fourth-order valence-corrected chi connectivity index (χ4v) is 6.00. The van der Waals surface area contributed by atoms with Gasteiger partial charge in [-0.3, -0.25) is 4.90 Å². The molecule has 4 aromatic rings. The molecule has 1 aromatic heterocycles. The Bertz CT molecular complexity index is 1750. The van der Waals surface area contributed by atoms with Gasteiger partial charge >= 0.3 is 18.2 Å². The molecule has 2 aliphatic rings. The quantitative estimate of drug-likeness (QED) is 0.241. The first-order chi connectivity index (χ1) is 20.4. The molecule has 12 heteroatoms. The lowest BCUT2D eigenvalue weighted by Gasteiger charge is -2.32. The van der Waals surface area contributed by atoms with Crippen molar-refractivity contribution in [2.24, 2.45) is 0 Å². The number of hydrogen-bond donors (Lipinski definition) is 1. The normalized spacial score (nSPS) is 15.6. The van der Waals surface area contributed by atoms with Crippen LogP contribution < -0.4 is 4.90 Å². The zero-order valence-electron chi connectivity index (χ0n) is 22.8. The van der Waals surface area contributed by atoms with Crippen molar-refractivity contribution < 1.29 is 32.3 Å². The molecule has 6 rings (SSSR count). The number of carboxylic acid groups (broad SMARTS) is 1. The molecule has 0 atom stereocenters. The van der Waals surface area contributed by atoms with Crippen LogP contribution in [0.15, 0.2) is 66.7 Å². The van der Waals surface area contributed by atoms with E-state index in [1.807, 2.05) is 6.07 Å². The average Bonchev–Trinajstić information content (AvgIpc) is 3.73. The highest BCUT2D eigenvalue weighted by molar-refractivity contribution is 6.32. The predicted octanol–water partition coefficient (Wildman–Crippen LogP) is 7.24. The van der Waals surface area contributed by atoms with Crippen LogP contribution in [0.1, 0.15) is 40.0 Å². The van der Waals surface area contributed by atoms with Gasteiger partial charge in [0.25, 0.3) is 0 Å². The minimum absolute atomic E-state index is 0.00765. The first-order valence-corrected chi connectivity index (χ1v) is 13.9. The van der Waals surface area contributed by atoms with E-state index in [4.69, 9.17) is 11.6 Å². The number of para-hydroxylation sites is 2. The molecule has 0 spiro atoms. The van der Waals surface area contributed by atoms with Crippen LogP contribution in [0.3, 0.4) is 0 Å². The number of carboxylic acids is 1. The number of aromatic nitrogens is 2. The monoisotopic (exact) mass is 612 g/mol. The maximum absolute atomic E-state index is 15.3. The smallest absolute Gasteiger partial charge is 0.398 e. The highest BCUT2D eigenvalue weighted by Gasteiger charge is 2.65. The second kappa shape index (κ2) is 10.4. The van der Waals surface area contributed by atoms with E-state index in [1.165, 1.54) is 39.9 Å². The van der Waals surface area contributed by atoms with Gasteiger partial charge in [-0.05, 0) is 61.2 Å². The summed E-state index contributed by atoms with van der Waals surface area (Å²) in [5.74, 6) is -2.15. The van der Waals surface area contributed by atoms with Gasteiger partial charge in [0.05, 0.1) is 39.6 Å². The molecule has 1 aliphatic heterocycles. The van der Waals surface area contributed by atoms with Crippen LogP contribution in [0.4, 0.5) is 28.0 Å². The number of halogens is 5. The highest BCUT2D eigenvalue weighted by atomic mass is 35.5. The number of rotatable bonds is 5. The number of carbonyl (C=O) groups is 2. The minimum atomic E-state index is -4.54. The van der Waals surface area contributed by atoms with Gasteiger partial charge in [0.2, 0.25) is 0 Å². The van der Waals surface area contributed by atoms with Crippen molar-refractivity contribution >= 4 is 29.3 Å². The van der Waals surface area contributed by atoms with Crippen LogP contribution in [0, 0.1) is 5.82 Å². The number of benzene rings is 3. The Morgan fingerprint density at radius 1 is 1.05 bits per heavy atom. The van der Waals surface area contributed by atoms with Crippen LogP contribution in [0.25, 0.3) is 16.9 Å². The van der Waals surface area contributed by atoms with E-state index >= 15 is 4.39 Å². The third kappa shape index (κ3) is 4.81. The Morgan fingerprint density at radius 2 is 1.77 bits per heavy atom. The number of urea groups is 1. The van der Waals surface area contributed by atoms with Crippen LogP contribution in [-0.4, -0.2) is 51.6 Å². The van der Waals surface area contributed by atoms with Crippen LogP contribution in [0.5, 0.6) is 0 Å². The molecule has 1 fully saturated rings. The number of alkyl halides is 3. The Balaban J connectivity index is 1.51. The summed E-state index contributed by atoms with van der Waals surface area (Å²) in [6.45, 7) is 0.204. The molecular weight excluding hydrogens is 588 g/mol. The van der Waals surface area contributed by atoms with Crippen molar-refractivity contribution in [1.29, 1.82) is 0 Å². The van der Waals surface area contributed by atoms with Gasteiger partial charge in [-0.2, -0.15) is 18.3 Å². The SMILES string of the molecule is CN(C(=O)N1CCc2c(-c3ccc(C(=O)O)cc3F)nn(-c3c(Cl)cccc3C3(C(F)(F)F)CC3)c2C1)c1ccccc1. The van der Waals surface area contributed by atoms with Crippen molar-refractivity contribution in [3.8, 4) is 16.9 Å². The Morgan fingerprint density at radius 3 is 2.40 bits per heavy atom. The number of hydrogen-bond acceptors (Lipinski definition) is 3. The summed E-state index contributed by atoms with van der Waals surface area (Å²) in [5, 5.41) is 14.0. The summed E-state index contributed by atoms with van der Waals surface area (Å²) in [7, 11) is 1.63. The van der Waals surface area contributed by atoms with Crippen molar-refractivity contribution in [2.45, 2.75) is 37.4 Å². The molecule has 2 amide bonds. The third-order valence-electron chi connectivity index (χ3n) is 8.24. The van der Waals surface area contributed by atoms with Crippen LogP contribution in [-0.2, 0) is 18.4 Å². The fourth-order valence-electron chi connectivity index (χ4n) is 5.74. The number of fused-ring (bicyclic) bond motifs is 1. The van der Waals surface area contributed by atoms with Gasteiger partial charge in [-0.15, -0.1) is 0 Å². The third-order valence-corrected chi connectivity index (χ3v) is 8.55. The molecule has 7 nitrogen and oxygen atoms in total. The number of nitrogens with zero attached hydrogens (tertiary/aromatic N) is 4. The fraction of sp³-hybridized carbons (Fsp3) is 0.258. The molecule has 0 unspecified atom stereocenters. The molecule has 1 N–H and O–H groups in total. The maximum atomic E-state index is 15.3. The van der Waals surface area contributed by atoms with Gasteiger partial charge in [0.1, 0.15) is 5.82 Å². The van der Waals surface area contributed by atoms with Crippen LogP contribution >= 0.6 is 11.6 Å². The number of carbonyl (C=O) groups excluding carboxylic acids is 1.